The summed E-state index contributed by atoms with van der Waals surface area (Å²) in [5, 5.41) is 3.41. The van der Waals surface area contributed by atoms with E-state index in [2.05, 4.69) is 10.3 Å². The summed E-state index contributed by atoms with van der Waals surface area (Å²) in [5.74, 6) is 0.310. The van der Waals surface area contributed by atoms with Gasteiger partial charge in [0.05, 0.1) is 11.3 Å². The molecule has 1 aliphatic rings. The van der Waals surface area contributed by atoms with Crippen LogP contribution in [0.3, 0.4) is 0 Å². The van der Waals surface area contributed by atoms with Crippen LogP contribution in [-0.2, 0) is 4.79 Å². The second-order valence-electron chi connectivity index (χ2n) is 5.60. The van der Waals surface area contributed by atoms with Gasteiger partial charge in [0.25, 0.3) is 5.91 Å². The van der Waals surface area contributed by atoms with E-state index in [1.165, 1.54) is 23.1 Å². The molecule has 0 aliphatic carbocycles. The largest absolute Gasteiger partial charge is 0.342 e. The molecule has 0 atom stereocenters. The molecule has 7 heteroatoms. The van der Waals surface area contributed by atoms with E-state index in [0.717, 1.165) is 35.7 Å². The Balaban J connectivity index is 1.65. The monoisotopic (exact) mass is 361 g/mol. The average Bonchev–Trinajstić information content (AvgIpc) is 3.25. The number of nitrogens with zero attached hydrogens (tertiary/aromatic N) is 2. The molecule has 126 valence electrons. The third kappa shape index (κ3) is 4.15. The second kappa shape index (κ2) is 7.81. The van der Waals surface area contributed by atoms with Gasteiger partial charge >= 0.3 is 0 Å². The number of thioether (sulfide) groups is 1. The quantitative estimate of drug-likeness (QED) is 0.829. The number of anilines is 1. The maximum Gasteiger partial charge on any atom is 0.258 e. The summed E-state index contributed by atoms with van der Waals surface area (Å²) in [6.45, 7) is 3.65. The first kappa shape index (κ1) is 17.0. The number of aromatic nitrogens is 1. The van der Waals surface area contributed by atoms with Crippen molar-refractivity contribution in [2.24, 2.45) is 0 Å². The van der Waals surface area contributed by atoms with E-state index in [1.54, 1.807) is 12.3 Å². The molecule has 1 fully saturated rings. The normalized spacial score (nSPS) is 14.0. The summed E-state index contributed by atoms with van der Waals surface area (Å²) in [5.41, 5.74) is 0.574. The lowest BCUT2D eigenvalue weighted by Crippen LogP contribution is -2.29. The van der Waals surface area contributed by atoms with Crippen molar-refractivity contribution in [2.75, 3.05) is 24.2 Å². The van der Waals surface area contributed by atoms with Crippen molar-refractivity contribution in [1.82, 2.24) is 9.88 Å². The molecule has 2 aromatic rings. The Labute approximate surface area is 149 Å². The van der Waals surface area contributed by atoms with Crippen molar-refractivity contribution < 1.29 is 9.59 Å². The van der Waals surface area contributed by atoms with Crippen LogP contribution in [0.5, 0.6) is 0 Å². The van der Waals surface area contributed by atoms with Gasteiger partial charge in [0.2, 0.25) is 5.91 Å². The number of amides is 2. The topological polar surface area (TPSA) is 62.3 Å². The zero-order chi connectivity index (χ0) is 16.9. The molecule has 0 unspecified atom stereocenters. The minimum absolute atomic E-state index is 0.142. The van der Waals surface area contributed by atoms with Gasteiger partial charge in [-0.2, -0.15) is 0 Å². The molecule has 2 heterocycles. The van der Waals surface area contributed by atoms with Crippen LogP contribution < -0.4 is 5.32 Å². The van der Waals surface area contributed by atoms with Gasteiger partial charge < -0.3 is 4.90 Å². The number of hydrogen-bond acceptors (Lipinski definition) is 5. The molecular formula is C17H19N3O2S2. The number of benzene rings is 1. The molecule has 1 aromatic carbocycles. The SMILES string of the molecule is Cc1cnc(NC(=O)c2ccccc2SCC(=O)N2CCCC2)s1. The third-order valence-electron chi connectivity index (χ3n) is 3.78. The summed E-state index contributed by atoms with van der Waals surface area (Å²) in [4.78, 5) is 32.6. The molecule has 1 aromatic heterocycles. The smallest absolute Gasteiger partial charge is 0.258 e. The Morgan fingerprint density at radius 2 is 2.04 bits per heavy atom. The van der Waals surface area contributed by atoms with Crippen molar-refractivity contribution in [3.05, 3.63) is 40.9 Å². The molecular weight excluding hydrogens is 342 g/mol. The van der Waals surface area contributed by atoms with Crippen LogP contribution in [0.25, 0.3) is 0 Å². The highest BCUT2D eigenvalue weighted by Gasteiger charge is 2.19. The fourth-order valence-corrected chi connectivity index (χ4v) is 4.17. The number of rotatable bonds is 5. The molecule has 24 heavy (non-hydrogen) atoms. The lowest BCUT2D eigenvalue weighted by atomic mass is 10.2. The summed E-state index contributed by atoms with van der Waals surface area (Å²) >= 11 is 2.86. The number of aryl methyl sites for hydroxylation is 1. The molecule has 0 spiro atoms. The molecule has 1 aliphatic heterocycles. The molecule has 2 amide bonds. The molecule has 5 nitrogen and oxygen atoms in total. The zero-order valence-corrected chi connectivity index (χ0v) is 15.1. The van der Waals surface area contributed by atoms with Crippen LogP contribution in [0.1, 0.15) is 28.1 Å². The van der Waals surface area contributed by atoms with Crippen molar-refractivity contribution in [2.45, 2.75) is 24.7 Å². The molecule has 1 saturated heterocycles. The minimum atomic E-state index is -0.193. The number of likely N-dealkylation sites (tertiary alicyclic amines) is 1. The summed E-state index contributed by atoms with van der Waals surface area (Å²) in [6.07, 6.45) is 3.90. The number of thiazole rings is 1. The lowest BCUT2D eigenvalue weighted by molar-refractivity contribution is -0.127. The molecule has 0 radical (unpaired) electrons. The average molecular weight is 361 g/mol. The Bertz CT molecular complexity index is 739. The number of carbonyl (C=O) groups is 2. The van der Waals surface area contributed by atoms with Crippen LogP contribution >= 0.6 is 23.1 Å². The van der Waals surface area contributed by atoms with E-state index in [-0.39, 0.29) is 11.8 Å². The first-order valence-electron chi connectivity index (χ1n) is 7.87. The van der Waals surface area contributed by atoms with Gasteiger partial charge in [-0.25, -0.2) is 4.98 Å². The van der Waals surface area contributed by atoms with Gasteiger partial charge in [-0.15, -0.1) is 23.1 Å². The van der Waals surface area contributed by atoms with E-state index in [9.17, 15) is 9.59 Å². The molecule has 1 N–H and O–H groups in total. The fourth-order valence-electron chi connectivity index (χ4n) is 2.55. The summed E-state index contributed by atoms with van der Waals surface area (Å²) < 4.78 is 0. The van der Waals surface area contributed by atoms with Gasteiger partial charge in [0, 0.05) is 29.1 Å². The second-order valence-corrected chi connectivity index (χ2v) is 7.85. The van der Waals surface area contributed by atoms with Gasteiger partial charge in [0.15, 0.2) is 5.13 Å². The van der Waals surface area contributed by atoms with Gasteiger partial charge in [-0.05, 0) is 31.9 Å². The Morgan fingerprint density at radius 1 is 1.29 bits per heavy atom. The fraction of sp³-hybridized carbons (Fsp3) is 0.353. The number of nitrogens with one attached hydrogen (secondary N) is 1. The standard InChI is InChI=1S/C17H19N3O2S2/c1-12-10-18-17(24-12)19-16(22)13-6-2-3-7-14(13)23-11-15(21)20-8-4-5-9-20/h2-3,6-7,10H,4-5,8-9,11H2,1H3,(H,18,19,22). The van der Waals surface area contributed by atoms with Crippen LogP contribution in [0.4, 0.5) is 5.13 Å². The highest BCUT2D eigenvalue weighted by Crippen LogP contribution is 2.25. The Morgan fingerprint density at radius 3 is 2.75 bits per heavy atom. The highest BCUT2D eigenvalue weighted by atomic mass is 32.2. The van der Waals surface area contributed by atoms with Crippen LogP contribution in [0.15, 0.2) is 35.4 Å². The van der Waals surface area contributed by atoms with Gasteiger partial charge in [-0.1, -0.05) is 12.1 Å². The van der Waals surface area contributed by atoms with Gasteiger partial charge in [0.1, 0.15) is 0 Å². The van der Waals surface area contributed by atoms with E-state index < -0.39 is 0 Å². The van der Waals surface area contributed by atoms with Crippen LogP contribution in [0, 0.1) is 6.92 Å². The maximum absolute atomic E-state index is 12.5. The zero-order valence-electron chi connectivity index (χ0n) is 13.4. The van der Waals surface area contributed by atoms with Crippen LogP contribution in [0.2, 0.25) is 0 Å². The maximum atomic E-state index is 12.5. The predicted octanol–water partition coefficient (Wildman–Crippen LogP) is 3.42. The van der Waals surface area contributed by atoms with E-state index >= 15 is 0 Å². The van der Waals surface area contributed by atoms with E-state index in [4.69, 9.17) is 0 Å². The Hall–Kier alpha value is -1.86. The van der Waals surface area contributed by atoms with E-state index in [0.29, 0.717) is 16.4 Å². The lowest BCUT2D eigenvalue weighted by Gasteiger charge is -2.15. The molecule has 0 saturated carbocycles. The van der Waals surface area contributed by atoms with Crippen LogP contribution in [-0.4, -0.2) is 40.5 Å². The first-order chi connectivity index (χ1) is 11.6. The Kier molecular flexibility index (Phi) is 5.52. The number of hydrogen-bond donors (Lipinski definition) is 1. The van der Waals surface area contributed by atoms with E-state index in [1.807, 2.05) is 30.0 Å². The minimum Gasteiger partial charge on any atom is -0.342 e. The molecule has 3 rings (SSSR count). The summed E-state index contributed by atoms with van der Waals surface area (Å²) in [6, 6.07) is 7.36. The predicted molar refractivity (Wildman–Crippen MR) is 97.8 cm³/mol. The highest BCUT2D eigenvalue weighted by molar-refractivity contribution is 8.00. The third-order valence-corrected chi connectivity index (χ3v) is 5.67. The summed E-state index contributed by atoms with van der Waals surface area (Å²) in [7, 11) is 0. The van der Waals surface area contributed by atoms with Crippen molar-refractivity contribution in [1.29, 1.82) is 0 Å². The molecule has 0 bridgehead atoms. The first-order valence-corrected chi connectivity index (χ1v) is 9.67. The van der Waals surface area contributed by atoms with Crippen molar-refractivity contribution in [3.63, 3.8) is 0 Å². The van der Waals surface area contributed by atoms with Crippen molar-refractivity contribution in [3.8, 4) is 0 Å². The van der Waals surface area contributed by atoms with Crippen molar-refractivity contribution >= 4 is 40.0 Å². The number of carbonyl (C=O) groups excluding carboxylic acids is 2. The van der Waals surface area contributed by atoms with Gasteiger partial charge in [-0.3, -0.25) is 14.9 Å².